The Kier molecular flexibility index (Phi) is 7.12. The van der Waals surface area contributed by atoms with E-state index in [0.29, 0.717) is 13.1 Å². The van der Waals surface area contributed by atoms with Crippen LogP contribution in [-0.4, -0.2) is 38.9 Å². The normalized spacial score (nSPS) is 14.4. The van der Waals surface area contributed by atoms with E-state index in [2.05, 4.69) is 22.6 Å². The van der Waals surface area contributed by atoms with Crippen LogP contribution in [0.15, 0.2) is 23.1 Å². The van der Waals surface area contributed by atoms with Gasteiger partial charge in [-0.1, -0.05) is 22.6 Å². The predicted molar refractivity (Wildman–Crippen MR) is 95.4 cm³/mol. The quantitative estimate of drug-likeness (QED) is 0.500. The summed E-state index contributed by atoms with van der Waals surface area (Å²) in [5, 5.41) is 9.55. The minimum atomic E-state index is -0.488. The number of benzene rings is 1. The van der Waals surface area contributed by atoms with Crippen LogP contribution in [0, 0.1) is 0 Å². The van der Waals surface area contributed by atoms with Crippen LogP contribution < -0.4 is 0 Å². The van der Waals surface area contributed by atoms with Crippen molar-refractivity contribution in [3.8, 4) is 5.75 Å². The molecular weight excluding hydrogens is 401 g/mol. The van der Waals surface area contributed by atoms with Gasteiger partial charge in [0.15, 0.2) is 0 Å². The highest BCUT2D eigenvalue weighted by atomic mass is 127. The molecule has 1 aliphatic rings. The average molecular weight is 423 g/mol. The van der Waals surface area contributed by atoms with Crippen LogP contribution in [0.2, 0.25) is 0 Å². The number of thioether (sulfide) groups is 1. The molecule has 2 rings (SSSR count). The molecule has 4 nitrogen and oxygen atoms in total. The Hall–Kier alpha value is -0.630. The lowest BCUT2D eigenvalue weighted by atomic mass is 10.2. The van der Waals surface area contributed by atoms with Gasteiger partial charge in [-0.3, -0.25) is 0 Å². The summed E-state index contributed by atoms with van der Waals surface area (Å²) in [7, 11) is 0. The smallest absolute Gasteiger partial charge is 0.410 e. The Balaban J connectivity index is 0.00000106. The Morgan fingerprint density at radius 1 is 1.38 bits per heavy atom. The second kappa shape index (κ2) is 8.12. The fourth-order valence-electron chi connectivity index (χ4n) is 1.86. The van der Waals surface area contributed by atoms with E-state index in [1.54, 1.807) is 28.8 Å². The highest BCUT2D eigenvalue weighted by Gasteiger charge is 2.24. The predicted octanol–water partition coefficient (Wildman–Crippen LogP) is 4.29. The zero-order chi connectivity index (χ0) is 16.0. The van der Waals surface area contributed by atoms with Crippen molar-refractivity contribution in [2.45, 2.75) is 37.8 Å². The van der Waals surface area contributed by atoms with Crippen LogP contribution in [0.3, 0.4) is 0 Å². The van der Waals surface area contributed by atoms with Crippen molar-refractivity contribution < 1.29 is 14.6 Å². The van der Waals surface area contributed by atoms with E-state index < -0.39 is 5.60 Å². The first-order chi connectivity index (χ1) is 9.85. The van der Waals surface area contributed by atoms with Gasteiger partial charge in [-0.05, 0) is 49.5 Å². The minimum absolute atomic E-state index is 0.227. The Morgan fingerprint density at radius 3 is 2.67 bits per heavy atom. The highest BCUT2D eigenvalue weighted by Crippen LogP contribution is 2.30. The summed E-state index contributed by atoms with van der Waals surface area (Å²) in [5.74, 6) is 1.06. The molecule has 118 valence electrons. The fraction of sp³-hybridized carbons (Fsp3) is 0.533. The number of phenolic OH excluding ortho intramolecular Hbond substituents is 1. The van der Waals surface area contributed by atoms with Gasteiger partial charge in [0.05, 0.1) is 6.54 Å². The number of phenols is 1. The molecule has 0 saturated heterocycles. The number of alkyl halides is 1. The van der Waals surface area contributed by atoms with Gasteiger partial charge in [-0.25, -0.2) is 4.79 Å². The van der Waals surface area contributed by atoms with E-state index in [0.717, 1.165) is 16.2 Å². The van der Waals surface area contributed by atoms with E-state index in [9.17, 15) is 9.90 Å². The third-order valence-electron chi connectivity index (χ3n) is 2.68. The number of hydrogen-bond acceptors (Lipinski definition) is 4. The summed E-state index contributed by atoms with van der Waals surface area (Å²) in [6.07, 6.45) is -0.302. The monoisotopic (exact) mass is 423 g/mol. The molecule has 0 atom stereocenters. The maximum Gasteiger partial charge on any atom is 0.410 e. The maximum atomic E-state index is 12.1. The van der Waals surface area contributed by atoms with Crippen molar-refractivity contribution in [2.75, 3.05) is 17.2 Å². The molecule has 1 N–H and O–H groups in total. The highest BCUT2D eigenvalue weighted by molar-refractivity contribution is 14.1. The molecule has 0 aromatic heterocycles. The molecule has 21 heavy (non-hydrogen) atoms. The molecule has 1 aromatic rings. The molecule has 0 saturated carbocycles. The molecular formula is C15H22INO3S. The average Bonchev–Trinajstić information content (AvgIpc) is 2.60. The standard InChI is InChI=1S/C14H19NO3S.CH3I/c1-14(2,3)18-13(17)15-6-7-19-12-5-4-11(16)8-10(12)9-15;1-2/h4-5,8,16H,6-7,9H2,1-3H3;1H3. The number of fused-ring (bicyclic) bond motifs is 1. The summed E-state index contributed by atoms with van der Waals surface area (Å²) < 4.78 is 5.39. The SMILES string of the molecule is CC(C)(C)OC(=O)N1CCSc2ccc(O)cc2C1.CI. The molecule has 0 radical (unpaired) electrons. The van der Waals surface area contributed by atoms with Gasteiger partial charge < -0.3 is 14.7 Å². The Bertz CT molecular complexity index is 488. The number of aromatic hydroxyl groups is 1. The number of halogens is 1. The Labute approximate surface area is 144 Å². The number of amides is 1. The van der Waals surface area contributed by atoms with Crippen molar-refractivity contribution in [3.05, 3.63) is 23.8 Å². The largest absolute Gasteiger partial charge is 0.508 e. The van der Waals surface area contributed by atoms with E-state index in [-0.39, 0.29) is 11.8 Å². The van der Waals surface area contributed by atoms with Gasteiger partial charge in [-0.15, -0.1) is 11.8 Å². The van der Waals surface area contributed by atoms with Gasteiger partial charge in [0.2, 0.25) is 0 Å². The van der Waals surface area contributed by atoms with Gasteiger partial charge >= 0.3 is 6.09 Å². The van der Waals surface area contributed by atoms with Gasteiger partial charge in [0.1, 0.15) is 11.4 Å². The summed E-state index contributed by atoms with van der Waals surface area (Å²) in [5.41, 5.74) is 0.478. The third kappa shape index (κ3) is 5.94. The first-order valence-corrected chi connectivity index (χ1v) is 9.80. The number of ether oxygens (including phenoxy) is 1. The van der Waals surface area contributed by atoms with E-state index >= 15 is 0 Å². The van der Waals surface area contributed by atoms with Gasteiger partial charge in [-0.2, -0.15) is 0 Å². The van der Waals surface area contributed by atoms with E-state index in [4.69, 9.17) is 4.74 Å². The zero-order valence-corrected chi connectivity index (χ0v) is 15.8. The number of carbonyl (C=O) groups excluding carboxylic acids is 1. The molecule has 0 aliphatic carbocycles. The van der Waals surface area contributed by atoms with Crippen LogP contribution in [0.5, 0.6) is 5.75 Å². The molecule has 0 spiro atoms. The second-order valence-electron chi connectivity index (χ2n) is 5.54. The minimum Gasteiger partial charge on any atom is -0.508 e. The van der Waals surface area contributed by atoms with Crippen molar-refractivity contribution in [2.24, 2.45) is 0 Å². The maximum absolute atomic E-state index is 12.1. The molecule has 1 amide bonds. The molecule has 1 aliphatic heterocycles. The number of nitrogens with zero attached hydrogens (tertiary/aromatic N) is 1. The van der Waals surface area contributed by atoms with Gasteiger partial charge in [0, 0.05) is 17.2 Å². The van der Waals surface area contributed by atoms with Crippen molar-refractivity contribution in [1.82, 2.24) is 4.90 Å². The van der Waals surface area contributed by atoms with Crippen LogP contribution in [0.1, 0.15) is 26.3 Å². The lowest BCUT2D eigenvalue weighted by molar-refractivity contribution is 0.0246. The summed E-state index contributed by atoms with van der Waals surface area (Å²) in [4.78, 5) is 16.9. The first kappa shape index (κ1) is 18.4. The topological polar surface area (TPSA) is 49.8 Å². The fourth-order valence-corrected chi connectivity index (χ4v) is 2.87. The molecule has 1 heterocycles. The van der Waals surface area contributed by atoms with Crippen molar-refractivity contribution >= 4 is 40.4 Å². The molecule has 6 heteroatoms. The van der Waals surface area contributed by atoms with Crippen LogP contribution in [-0.2, 0) is 11.3 Å². The summed E-state index contributed by atoms with van der Waals surface area (Å²) in [6.45, 7) is 6.70. The third-order valence-corrected chi connectivity index (χ3v) is 3.77. The number of carbonyl (C=O) groups is 1. The molecule has 0 unspecified atom stereocenters. The summed E-state index contributed by atoms with van der Waals surface area (Å²) in [6, 6.07) is 5.29. The number of hydrogen-bond donors (Lipinski definition) is 1. The molecule has 1 aromatic carbocycles. The van der Waals surface area contributed by atoms with Crippen LogP contribution in [0.25, 0.3) is 0 Å². The zero-order valence-electron chi connectivity index (χ0n) is 12.9. The van der Waals surface area contributed by atoms with Crippen molar-refractivity contribution in [1.29, 1.82) is 0 Å². The molecule has 0 fully saturated rings. The van der Waals surface area contributed by atoms with E-state index in [1.807, 2.05) is 31.8 Å². The number of rotatable bonds is 0. The van der Waals surface area contributed by atoms with Crippen LogP contribution in [0.4, 0.5) is 4.79 Å². The van der Waals surface area contributed by atoms with Gasteiger partial charge in [0.25, 0.3) is 0 Å². The van der Waals surface area contributed by atoms with Crippen LogP contribution >= 0.6 is 34.4 Å². The Morgan fingerprint density at radius 2 is 2.05 bits per heavy atom. The van der Waals surface area contributed by atoms with E-state index in [1.165, 1.54) is 0 Å². The summed E-state index contributed by atoms with van der Waals surface area (Å²) >= 11 is 3.85. The first-order valence-electron chi connectivity index (χ1n) is 6.65. The lowest BCUT2D eigenvalue weighted by Crippen LogP contribution is -2.37. The molecule has 0 bridgehead atoms. The van der Waals surface area contributed by atoms with Crippen molar-refractivity contribution in [3.63, 3.8) is 0 Å². The second-order valence-corrected chi connectivity index (χ2v) is 6.68. The lowest BCUT2D eigenvalue weighted by Gasteiger charge is -2.26.